The van der Waals surface area contributed by atoms with E-state index in [0.29, 0.717) is 11.9 Å². The number of hydrogen-bond donors (Lipinski definition) is 2. The Hall–Kier alpha value is -1.90. The van der Waals surface area contributed by atoms with Gasteiger partial charge in [0.05, 0.1) is 0 Å². The molecule has 0 aliphatic rings. The zero-order valence-electron chi connectivity index (χ0n) is 15.2. The molecule has 1 atom stereocenters. The molecular weight excluding hydrogens is 333 g/mol. The van der Waals surface area contributed by atoms with Crippen molar-refractivity contribution in [1.29, 1.82) is 0 Å². The van der Waals surface area contributed by atoms with Crippen LogP contribution < -0.4 is 10.1 Å². The van der Waals surface area contributed by atoms with E-state index in [1.165, 1.54) is 30.5 Å². The van der Waals surface area contributed by atoms with Gasteiger partial charge in [0.1, 0.15) is 17.8 Å². The van der Waals surface area contributed by atoms with E-state index < -0.39 is 5.72 Å². The Morgan fingerprint density at radius 1 is 1.16 bits per heavy atom. The molecular formula is C20H26NO3P. The highest BCUT2D eigenvalue weighted by Gasteiger charge is 2.17. The zero-order chi connectivity index (χ0) is 18.6. The zero-order valence-corrected chi connectivity index (χ0v) is 16.4. The first-order chi connectivity index (χ1) is 11.7. The monoisotopic (exact) mass is 359 g/mol. The Kier molecular flexibility index (Phi) is 6.21. The summed E-state index contributed by atoms with van der Waals surface area (Å²) in [6.45, 7) is 7.25. The molecule has 2 aromatic rings. The van der Waals surface area contributed by atoms with Crippen LogP contribution in [0.4, 0.5) is 0 Å². The van der Waals surface area contributed by atoms with Crippen molar-refractivity contribution in [2.45, 2.75) is 39.8 Å². The Morgan fingerprint density at radius 2 is 1.72 bits per heavy atom. The fourth-order valence-corrected chi connectivity index (χ4v) is 2.93. The van der Waals surface area contributed by atoms with Crippen LogP contribution in [-0.2, 0) is 6.42 Å². The number of aryl methyl sites for hydroxylation is 2. The molecule has 1 amide bonds. The molecule has 0 aliphatic carbocycles. The van der Waals surface area contributed by atoms with Gasteiger partial charge >= 0.3 is 0 Å². The highest BCUT2D eigenvalue weighted by atomic mass is 31.0. The maximum atomic E-state index is 12.1. The predicted molar refractivity (Wildman–Crippen MR) is 104 cm³/mol. The summed E-state index contributed by atoms with van der Waals surface area (Å²) in [5, 5.41) is 12.2. The van der Waals surface area contributed by atoms with Crippen LogP contribution in [0.25, 0.3) is 0 Å². The van der Waals surface area contributed by atoms with Crippen molar-refractivity contribution in [3.8, 4) is 5.75 Å². The molecule has 2 N–H and O–H groups in total. The van der Waals surface area contributed by atoms with Crippen molar-refractivity contribution in [1.82, 2.24) is 5.32 Å². The molecule has 0 spiro atoms. The molecule has 4 nitrogen and oxygen atoms in total. The smallest absolute Gasteiger partial charge is 0.253 e. The molecule has 0 saturated carbocycles. The minimum absolute atomic E-state index is 0.287. The highest BCUT2D eigenvalue weighted by molar-refractivity contribution is 7.16. The number of carbonyl (C=O) groups excluding carboxylic acids is 1. The molecule has 2 aromatic carbocycles. The van der Waals surface area contributed by atoms with Crippen LogP contribution in [-0.4, -0.2) is 23.1 Å². The SMILES string of the molecule is Cc1cc(OCP)cc(C)c1Cc1ccc(C(=O)NC(C)(C)O)cc1. The number of carbonyl (C=O) groups is 1. The number of ether oxygens (including phenoxy) is 1. The molecule has 25 heavy (non-hydrogen) atoms. The van der Waals surface area contributed by atoms with Crippen LogP contribution in [0.1, 0.15) is 46.5 Å². The summed E-state index contributed by atoms with van der Waals surface area (Å²) in [7, 11) is 2.56. The van der Waals surface area contributed by atoms with Crippen LogP contribution in [0, 0.1) is 13.8 Å². The lowest BCUT2D eigenvalue weighted by Crippen LogP contribution is -2.43. The summed E-state index contributed by atoms with van der Waals surface area (Å²) in [5.74, 6) is 0.595. The second kappa shape index (κ2) is 7.99. The van der Waals surface area contributed by atoms with Gasteiger partial charge in [-0.3, -0.25) is 4.79 Å². The molecule has 5 heteroatoms. The van der Waals surface area contributed by atoms with Gasteiger partial charge in [-0.15, -0.1) is 0 Å². The fourth-order valence-electron chi connectivity index (χ4n) is 2.74. The summed E-state index contributed by atoms with van der Waals surface area (Å²) >= 11 is 0. The Balaban J connectivity index is 2.15. The largest absolute Gasteiger partial charge is 0.490 e. The van der Waals surface area contributed by atoms with E-state index in [2.05, 4.69) is 40.5 Å². The topological polar surface area (TPSA) is 58.6 Å². The molecule has 134 valence electrons. The first-order valence-electron chi connectivity index (χ1n) is 8.26. The van der Waals surface area contributed by atoms with E-state index in [0.717, 1.165) is 17.7 Å². The normalized spacial score (nSPS) is 11.3. The van der Waals surface area contributed by atoms with Gasteiger partial charge in [0.2, 0.25) is 0 Å². The van der Waals surface area contributed by atoms with Crippen LogP contribution in [0.2, 0.25) is 0 Å². The van der Waals surface area contributed by atoms with E-state index in [9.17, 15) is 9.90 Å². The quantitative estimate of drug-likeness (QED) is 0.612. The van der Waals surface area contributed by atoms with Crippen LogP contribution >= 0.6 is 9.24 Å². The summed E-state index contributed by atoms with van der Waals surface area (Å²) < 4.78 is 5.55. The lowest BCUT2D eigenvalue weighted by Gasteiger charge is -2.19. The van der Waals surface area contributed by atoms with E-state index in [-0.39, 0.29) is 5.91 Å². The molecule has 0 aromatic heterocycles. The third-order valence-electron chi connectivity index (χ3n) is 3.94. The van der Waals surface area contributed by atoms with Gasteiger partial charge < -0.3 is 15.2 Å². The van der Waals surface area contributed by atoms with Gasteiger partial charge in [-0.1, -0.05) is 21.4 Å². The Morgan fingerprint density at radius 3 is 2.20 bits per heavy atom. The minimum atomic E-state index is -1.23. The summed E-state index contributed by atoms with van der Waals surface area (Å²) in [5.41, 5.74) is 4.08. The van der Waals surface area contributed by atoms with Gasteiger partial charge in [0.15, 0.2) is 0 Å². The third-order valence-corrected chi connectivity index (χ3v) is 4.10. The molecule has 0 saturated heterocycles. The van der Waals surface area contributed by atoms with E-state index >= 15 is 0 Å². The molecule has 1 unspecified atom stereocenters. The van der Waals surface area contributed by atoms with Crippen molar-refractivity contribution >= 4 is 15.1 Å². The molecule has 0 fully saturated rings. The van der Waals surface area contributed by atoms with Crippen LogP contribution in [0.15, 0.2) is 36.4 Å². The van der Waals surface area contributed by atoms with E-state index in [4.69, 9.17) is 4.74 Å². The van der Waals surface area contributed by atoms with Gasteiger partial charge in [0, 0.05) is 5.56 Å². The lowest BCUT2D eigenvalue weighted by molar-refractivity contribution is 0.0376. The van der Waals surface area contributed by atoms with Crippen molar-refractivity contribution in [3.05, 3.63) is 64.2 Å². The van der Waals surface area contributed by atoms with Gasteiger partial charge in [0.25, 0.3) is 5.91 Å². The van der Waals surface area contributed by atoms with Gasteiger partial charge in [-0.25, -0.2) is 0 Å². The minimum Gasteiger partial charge on any atom is -0.490 e. The summed E-state index contributed by atoms with van der Waals surface area (Å²) in [6.07, 6.45) is 1.37. The second-order valence-electron chi connectivity index (χ2n) is 6.73. The van der Waals surface area contributed by atoms with Gasteiger partial charge in [-0.2, -0.15) is 0 Å². The molecule has 0 bridgehead atoms. The molecule has 0 heterocycles. The third kappa shape index (κ3) is 5.55. The maximum Gasteiger partial charge on any atom is 0.253 e. The highest BCUT2D eigenvalue weighted by Crippen LogP contribution is 2.24. The summed E-state index contributed by atoms with van der Waals surface area (Å²) in [4.78, 5) is 12.1. The maximum absolute atomic E-state index is 12.1. The molecule has 0 radical (unpaired) electrons. The summed E-state index contributed by atoms with van der Waals surface area (Å²) in [6, 6.07) is 11.6. The number of benzene rings is 2. The molecule has 2 rings (SSSR count). The van der Waals surface area contributed by atoms with Crippen molar-refractivity contribution in [3.63, 3.8) is 0 Å². The Labute approximate surface area is 151 Å². The van der Waals surface area contributed by atoms with Crippen LogP contribution in [0.5, 0.6) is 5.75 Å². The first kappa shape index (κ1) is 19.4. The first-order valence-corrected chi connectivity index (χ1v) is 9.08. The fraction of sp³-hybridized carbons (Fsp3) is 0.350. The number of rotatable bonds is 6. The molecule has 0 aliphatic heterocycles. The average molecular weight is 359 g/mol. The van der Waals surface area contributed by atoms with Gasteiger partial charge in [-0.05, 0) is 80.6 Å². The number of amides is 1. The van der Waals surface area contributed by atoms with E-state index in [1.54, 1.807) is 12.1 Å². The van der Waals surface area contributed by atoms with E-state index in [1.807, 2.05) is 12.1 Å². The van der Waals surface area contributed by atoms with Crippen molar-refractivity contribution < 1.29 is 14.6 Å². The second-order valence-corrected chi connectivity index (χ2v) is 7.07. The average Bonchev–Trinajstić information content (AvgIpc) is 2.50. The predicted octanol–water partition coefficient (Wildman–Crippen LogP) is 3.56. The van der Waals surface area contributed by atoms with Crippen molar-refractivity contribution in [2.75, 3.05) is 6.35 Å². The number of aliphatic hydroxyl groups is 1. The van der Waals surface area contributed by atoms with Crippen molar-refractivity contribution in [2.24, 2.45) is 0 Å². The van der Waals surface area contributed by atoms with Crippen LogP contribution in [0.3, 0.4) is 0 Å². The lowest BCUT2D eigenvalue weighted by atomic mass is 9.95. The number of nitrogens with one attached hydrogen (secondary N) is 1. The number of hydrogen-bond acceptors (Lipinski definition) is 3. The Bertz CT molecular complexity index is 726. The standard InChI is InChI=1S/C20H26NO3P/c1-13-9-17(24-12-25)10-14(2)18(13)11-15-5-7-16(8-6-15)19(22)21-20(3,4)23/h5-10,23H,11-12,25H2,1-4H3,(H,21,22).